The van der Waals surface area contributed by atoms with E-state index in [1.54, 1.807) is 30.5 Å². The highest BCUT2D eigenvalue weighted by Crippen LogP contribution is 2.14. The zero-order valence-corrected chi connectivity index (χ0v) is 22.0. The lowest BCUT2D eigenvalue weighted by Crippen LogP contribution is -2.17. The van der Waals surface area contributed by atoms with Crippen LogP contribution in [0.1, 0.15) is 24.3 Å². The number of nitrogens with two attached hydrogens (primary N) is 1. The molecule has 9 nitrogen and oxygen atoms in total. The Morgan fingerprint density at radius 2 is 1.66 bits per heavy atom. The van der Waals surface area contributed by atoms with Crippen LogP contribution >= 0.6 is 47.8 Å². The number of imidazole rings is 1. The number of halogens is 3. The van der Waals surface area contributed by atoms with E-state index >= 15 is 0 Å². The number of ether oxygens (including phenoxy) is 2. The maximum atomic E-state index is 11.4. The lowest BCUT2D eigenvalue weighted by atomic mass is 10.5. The molecule has 0 saturated heterocycles. The van der Waals surface area contributed by atoms with E-state index in [9.17, 15) is 14.4 Å². The van der Waals surface area contributed by atoms with Crippen LogP contribution in [-0.2, 0) is 19.1 Å². The molecule has 0 fully saturated rings. The molecular weight excluding hydrogens is 616 g/mol. The summed E-state index contributed by atoms with van der Waals surface area (Å²) in [5.74, 6) is -1.17. The minimum absolute atomic E-state index is 0.0336. The number of hydrogen-bond acceptors (Lipinski definition) is 8. The fourth-order valence-corrected chi connectivity index (χ4v) is 2.99. The van der Waals surface area contributed by atoms with Crippen LogP contribution in [0, 0.1) is 0 Å². The Hall–Kier alpha value is -2.31. The smallest absolute Gasteiger partial charge is 0.375 e. The van der Waals surface area contributed by atoms with E-state index in [1.807, 2.05) is 30.3 Å². The van der Waals surface area contributed by atoms with Gasteiger partial charge in [-0.15, -0.1) is 0 Å². The summed E-state index contributed by atoms with van der Waals surface area (Å²) in [6.45, 7) is 4.02. The van der Waals surface area contributed by atoms with Crippen LogP contribution in [-0.4, -0.2) is 50.6 Å². The van der Waals surface area contributed by atoms with Gasteiger partial charge in [0, 0.05) is 6.20 Å². The highest BCUT2D eigenvalue weighted by Gasteiger charge is 2.12. The number of fused-ring (bicyclic) bond motifs is 1. The number of nitrogen functional groups attached to an aromatic ring is 1. The molecule has 3 aromatic heterocycles. The van der Waals surface area contributed by atoms with Gasteiger partial charge in [-0.2, -0.15) is 0 Å². The van der Waals surface area contributed by atoms with Crippen molar-refractivity contribution in [2.24, 2.45) is 0 Å². The van der Waals surface area contributed by atoms with Gasteiger partial charge < -0.3 is 15.2 Å². The molecule has 3 rings (SSSR count). The third kappa shape index (κ3) is 9.45. The number of anilines is 1. The first kappa shape index (κ1) is 27.7. The van der Waals surface area contributed by atoms with Gasteiger partial charge in [0.25, 0.3) is 0 Å². The van der Waals surface area contributed by atoms with E-state index in [4.69, 9.17) is 10.5 Å². The molecule has 0 saturated carbocycles. The van der Waals surface area contributed by atoms with Gasteiger partial charge >= 0.3 is 11.9 Å². The highest BCUT2D eigenvalue weighted by atomic mass is 79.9. The Labute approximate surface area is 210 Å². The fourth-order valence-electron chi connectivity index (χ4n) is 1.97. The van der Waals surface area contributed by atoms with Crippen molar-refractivity contribution < 1.29 is 23.9 Å². The SMILES string of the molecule is CCOC(=O)C(=O)CBr.CCOC(=O)c1cn2c(Br)cccc2n1.Nc1cccc(Br)n1. The lowest BCUT2D eigenvalue weighted by Gasteiger charge is -1.95. The van der Waals surface area contributed by atoms with Crippen LogP contribution in [0.5, 0.6) is 0 Å². The molecule has 0 atom stereocenters. The zero-order valence-electron chi connectivity index (χ0n) is 17.3. The summed E-state index contributed by atoms with van der Waals surface area (Å²) in [5.41, 5.74) is 6.36. The molecule has 0 aliphatic carbocycles. The number of nitrogens with zero attached hydrogens (tertiary/aromatic N) is 3. The van der Waals surface area contributed by atoms with E-state index < -0.39 is 17.7 Å². The monoisotopic (exact) mass is 634 g/mol. The van der Waals surface area contributed by atoms with Gasteiger partial charge in [0.05, 0.1) is 23.1 Å². The van der Waals surface area contributed by atoms with Crippen molar-refractivity contribution in [2.75, 3.05) is 24.3 Å². The van der Waals surface area contributed by atoms with Crippen molar-refractivity contribution in [3.8, 4) is 0 Å². The van der Waals surface area contributed by atoms with E-state index in [0.717, 1.165) is 9.21 Å². The summed E-state index contributed by atoms with van der Waals surface area (Å²) in [4.78, 5) is 40.2. The van der Waals surface area contributed by atoms with E-state index in [-0.39, 0.29) is 11.9 Å². The van der Waals surface area contributed by atoms with Crippen molar-refractivity contribution in [1.82, 2.24) is 14.4 Å². The van der Waals surface area contributed by atoms with Crippen LogP contribution in [0.4, 0.5) is 5.82 Å². The molecule has 0 aliphatic rings. The van der Waals surface area contributed by atoms with Gasteiger partial charge in [0.2, 0.25) is 5.78 Å². The van der Waals surface area contributed by atoms with Gasteiger partial charge in [-0.05, 0) is 70.0 Å². The first-order valence-corrected chi connectivity index (χ1v) is 11.9. The average Bonchev–Trinajstić information content (AvgIpc) is 3.20. The fraction of sp³-hybridized carbons (Fsp3) is 0.250. The Balaban J connectivity index is 0.000000260. The van der Waals surface area contributed by atoms with Gasteiger partial charge in [-0.25, -0.2) is 19.6 Å². The largest absolute Gasteiger partial charge is 0.461 e. The van der Waals surface area contributed by atoms with Crippen molar-refractivity contribution in [2.45, 2.75) is 13.8 Å². The summed E-state index contributed by atoms with van der Waals surface area (Å²) in [6.07, 6.45) is 1.65. The van der Waals surface area contributed by atoms with Crippen LogP contribution in [0.3, 0.4) is 0 Å². The number of hydrogen-bond donors (Lipinski definition) is 1. The predicted octanol–water partition coefficient (Wildman–Crippen LogP) is 4.21. The van der Waals surface area contributed by atoms with Crippen molar-refractivity contribution >= 4 is 77.0 Å². The first-order chi connectivity index (χ1) is 15.2. The number of pyridine rings is 2. The number of ketones is 1. The van der Waals surface area contributed by atoms with Gasteiger partial charge in [-0.1, -0.05) is 28.1 Å². The molecule has 0 aliphatic heterocycles. The molecule has 0 spiro atoms. The Morgan fingerprint density at radius 1 is 1.00 bits per heavy atom. The third-order valence-corrected chi connectivity index (χ3v) is 4.89. The highest BCUT2D eigenvalue weighted by molar-refractivity contribution is 9.10. The van der Waals surface area contributed by atoms with Gasteiger partial charge in [0.1, 0.15) is 16.1 Å². The minimum Gasteiger partial charge on any atom is -0.461 e. The predicted molar refractivity (Wildman–Crippen MR) is 131 cm³/mol. The standard InChI is InChI=1S/C10H9BrN2O2.C5H5BrN2.C5H7BrO3/c1-2-15-10(14)7-6-13-8(11)4-3-5-9(13)12-7;6-4-2-1-3-5(7)8-4;1-2-9-5(8)4(7)3-6/h3-6H,2H2,1H3;1-3H,(H2,7,8);2-3H2,1H3. The summed E-state index contributed by atoms with van der Waals surface area (Å²) in [7, 11) is 0. The average molecular weight is 637 g/mol. The van der Waals surface area contributed by atoms with Crippen LogP contribution < -0.4 is 5.73 Å². The molecule has 2 N–H and O–H groups in total. The van der Waals surface area contributed by atoms with Crippen LogP contribution in [0.2, 0.25) is 0 Å². The molecule has 0 aromatic carbocycles. The molecule has 0 radical (unpaired) electrons. The molecule has 0 amide bonds. The van der Waals surface area contributed by atoms with Crippen molar-refractivity contribution in [3.63, 3.8) is 0 Å². The maximum Gasteiger partial charge on any atom is 0.375 e. The lowest BCUT2D eigenvalue weighted by molar-refractivity contribution is -0.152. The summed E-state index contributed by atoms with van der Waals surface area (Å²) in [6, 6.07) is 11.0. The molecule has 0 unspecified atom stereocenters. The zero-order chi connectivity index (χ0) is 24.1. The van der Waals surface area contributed by atoms with E-state index in [1.165, 1.54) is 0 Å². The number of carbonyl (C=O) groups excluding carboxylic acids is 3. The minimum atomic E-state index is -0.769. The second-order valence-electron chi connectivity index (χ2n) is 5.59. The van der Waals surface area contributed by atoms with Gasteiger partial charge in [0.15, 0.2) is 5.69 Å². The number of carbonyl (C=O) groups is 3. The number of Topliss-reactive ketones (excluding diaryl/α,β-unsaturated/α-hetero) is 1. The van der Waals surface area contributed by atoms with Crippen molar-refractivity contribution in [3.05, 3.63) is 57.5 Å². The maximum absolute atomic E-state index is 11.4. The number of alkyl halides is 1. The molecule has 3 heterocycles. The third-order valence-electron chi connectivity index (χ3n) is 3.29. The normalized spacial score (nSPS) is 9.66. The van der Waals surface area contributed by atoms with Crippen molar-refractivity contribution in [1.29, 1.82) is 0 Å². The van der Waals surface area contributed by atoms with Gasteiger partial charge in [-0.3, -0.25) is 9.20 Å². The molecule has 172 valence electrons. The second kappa shape index (κ2) is 14.7. The van der Waals surface area contributed by atoms with E-state index in [2.05, 4.69) is 62.5 Å². The summed E-state index contributed by atoms with van der Waals surface area (Å²) >= 11 is 9.38. The Bertz CT molecular complexity index is 1040. The molecule has 12 heteroatoms. The number of aromatic nitrogens is 3. The second-order valence-corrected chi connectivity index (χ2v) is 7.77. The number of rotatable bonds is 5. The molecular formula is C20H21Br3N4O5. The molecule has 0 bridgehead atoms. The number of esters is 2. The van der Waals surface area contributed by atoms with Crippen LogP contribution in [0.15, 0.2) is 51.8 Å². The van der Waals surface area contributed by atoms with Crippen LogP contribution in [0.25, 0.3) is 5.65 Å². The Kier molecular flexibility index (Phi) is 12.7. The quantitative estimate of drug-likeness (QED) is 0.191. The molecule has 32 heavy (non-hydrogen) atoms. The summed E-state index contributed by atoms with van der Waals surface area (Å²) in [5, 5.41) is 0.0336. The topological polar surface area (TPSA) is 126 Å². The summed E-state index contributed by atoms with van der Waals surface area (Å²) < 4.78 is 12.7. The first-order valence-electron chi connectivity index (χ1n) is 9.18. The molecule has 3 aromatic rings. The van der Waals surface area contributed by atoms with E-state index in [0.29, 0.717) is 23.8 Å². The Morgan fingerprint density at radius 3 is 2.16 bits per heavy atom.